The lowest BCUT2D eigenvalue weighted by molar-refractivity contribution is -0.139. The van der Waals surface area contributed by atoms with Crippen LogP contribution in [0.25, 0.3) is 0 Å². The Morgan fingerprint density at radius 1 is 0.826 bits per heavy atom. The van der Waals surface area contributed by atoms with Gasteiger partial charge in [-0.15, -0.1) is 0 Å². The smallest absolute Gasteiger partial charge is 0.320 e. The Labute approximate surface area is 135 Å². The summed E-state index contributed by atoms with van der Waals surface area (Å²) in [5, 5.41) is 22.9. The van der Waals surface area contributed by atoms with E-state index >= 15 is 0 Å². The van der Waals surface area contributed by atoms with Gasteiger partial charge in [-0.1, -0.05) is 6.42 Å². The Morgan fingerprint density at radius 3 is 1.78 bits per heavy atom. The Bertz CT molecular complexity index is 378. The van der Waals surface area contributed by atoms with Crippen LogP contribution in [-0.4, -0.2) is 59.8 Å². The molecule has 0 bridgehead atoms. The van der Waals surface area contributed by atoms with Crippen molar-refractivity contribution in [3.05, 3.63) is 0 Å². The summed E-state index contributed by atoms with van der Waals surface area (Å²) in [5.74, 6) is -2.14. The number of carboxylic acids is 2. The summed E-state index contributed by atoms with van der Waals surface area (Å²) in [4.78, 5) is 32.5. The highest BCUT2D eigenvalue weighted by Gasteiger charge is 2.11. The average Bonchev–Trinajstić information content (AvgIpc) is 2.49. The van der Waals surface area contributed by atoms with E-state index in [0.29, 0.717) is 45.2 Å². The fourth-order valence-corrected chi connectivity index (χ4v) is 1.84. The number of carbonyl (C=O) groups is 3. The van der Waals surface area contributed by atoms with Crippen molar-refractivity contribution in [2.75, 3.05) is 19.6 Å². The molecule has 0 aliphatic heterocycles. The lowest BCUT2D eigenvalue weighted by Crippen LogP contribution is -2.35. The molecule has 0 rings (SSSR count). The van der Waals surface area contributed by atoms with Gasteiger partial charge in [-0.3, -0.25) is 14.4 Å². The van der Waals surface area contributed by atoms with Gasteiger partial charge in [0.1, 0.15) is 12.1 Å². The summed E-state index contributed by atoms with van der Waals surface area (Å²) in [6, 6.07) is -1.67. The number of nitrogens with one attached hydrogen (secondary N) is 2. The van der Waals surface area contributed by atoms with E-state index in [0.717, 1.165) is 6.42 Å². The van der Waals surface area contributed by atoms with Gasteiger partial charge in [-0.2, -0.15) is 0 Å². The highest BCUT2D eigenvalue weighted by Crippen LogP contribution is 1.99. The first-order chi connectivity index (χ1) is 10.8. The highest BCUT2D eigenvalue weighted by molar-refractivity contribution is 5.77. The second-order valence-corrected chi connectivity index (χ2v) is 5.41. The van der Waals surface area contributed by atoms with E-state index in [1.54, 1.807) is 0 Å². The largest absolute Gasteiger partial charge is 0.480 e. The summed E-state index contributed by atoms with van der Waals surface area (Å²) in [5.41, 5.74) is 10.7. The minimum absolute atomic E-state index is 0.130. The molecule has 0 aromatic rings. The van der Waals surface area contributed by atoms with Gasteiger partial charge in [0, 0.05) is 6.54 Å². The molecular formula is C14H28N4O5. The Balaban J connectivity index is 3.41. The number of carbonyl (C=O) groups excluding carboxylic acids is 1. The number of carboxylic acid groups (broad SMARTS) is 2. The minimum Gasteiger partial charge on any atom is -0.480 e. The first-order valence-corrected chi connectivity index (χ1v) is 7.78. The van der Waals surface area contributed by atoms with E-state index in [9.17, 15) is 14.4 Å². The van der Waals surface area contributed by atoms with Gasteiger partial charge in [0.05, 0.1) is 6.54 Å². The number of nitrogens with two attached hydrogens (primary N) is 2. The summed E-state index contributed by atoms with van der Waals surface area (Å²) >= 11 is 0. The van der Waals surface area contributed by atoms with Gasteiger partial charge in [0.2, 0.25) is 5.91 Å². The lowest BCUT2D eigenvalue weighted by atomic mass is 10.1. The van der Waals surface area contributed by atoms with Crippen LogP contribution in [0.4, 0.5) is 0 Å². The van der Waals surface area contributed by atoms with Crippen LogP contribution >= 0.6 is 0 Å². The number of amides is 1. The zero-order valence-electron chi connectivity index (χ0n) is 13.3. The van der Waals surface area contributed by atoms with Gasteiger partial charge >= 0.3 is 11.9 Å². The van der Waals surface area contributed by atoms with E-state index in [2.05, 4.69) is 10.6 Å². The Kier molecular flexibility index (Phi) is 11.8. The zero-order chi connectivity index (χ0) is 17.7. The SMILES string of the molecule is NC(CCCCNCC(=O)NCCCCC(N)C(=O)O)C(=O)O. The molecule has 2 atom stereocenters. The lowest BCUT2D eigenvalue weighted by Gasteiger charge is -2.09. The summed E-state index contributed by atoms with van der Waals surface area (Å²) in [6.45, 7) is 1.30. The molecule has 0 aromatic heterocycles. The highest BCUT2D eigenvalue weighted by atomic mass is 16.4. The fourth-order valence-electron chi connectivity index (χ4n) is 1.84. The third-order valence-corrected chi connectivity index (χ3v) is 3.30. The van der Waals surface area contributed by atoms with Gasteiger partial charge in [0.25, 0.3) is 0 Å². The first-order valence-electron chi connectivity index (χ1n) is 7.78. The molecule has 0 heterocycles. The molecule has 1 amide bonds. The topological polar surface area (TPSA) is 168 Å². The van der Waals surface area contributed by atoms with E-state index in [1.807, 2.05) is 0 Å². The number of unbranched alkanes of at least 4 members (excludes halogenated alkanes) is 2. The van der Waals surface area contributed by atoms with Crippen LogP contribution in [0.2, 0.25) is 0 Å². The summed E-state index contributed by atoms with van der Waals surface area (Å²) in [6.07, 6.45) is 3.57. The molecule has 134 valence electrons. The molecule has 0 saturated heterocycles. The molecule has 0 aliphatic carbocycles. The van der Waals surface area contributed by atoms with Crippen molar-refractivity contribution < 1.29 is 24.6 Å². The predicted molar refractivity (Wildman–Crippen MR) is 84.8 cm³/mol. The first kappa shape index (κ1) is 21.3. The normalized spacial score (nSPS) is 13.3. The van der Waals surface area contributed by atoms with Crippen LogP contribution in [0.1, 0.15) is 38.5 Å². The molecule has 0 radical (unpaired) electrons. The second kappa shape index (κ2) is 12.8. The van der Waals surface area contributed by atoms with Crippen LogP contribution in [0.3, 0.4) is 0 Å². The molecule has 9 nitrogen and oxygen atoms in total. The molecule has 0 aromatic carbocycles. The minimum atomic E-state index is -1.01. The number of rotatable bonds is 14. The average molecular weight is 332 g/mol. The van der Waals surface area contributed by atoms with Gasteiger partial charge in [0.15, 0.2) is 0 Å². The number of hydrogen-bond acceptors (Lipinski definition) is 6. The summed E-state index contributed by atoms with van der Waals surface area (Å²) < 4.78 is 0. The van der Waals surface area contributed by atoms with Crippen molar-refractivity contribution in [2.24, 2.45) is 11.5 Å². The number of aliphatic carboxylic acids is 2. The van der Waals surface area contributed by atoms with E-state index in [1.165, 1.54) is 0 Å². The maximum atomic E-state index is 11.5. The molecule has 0 aliphatic rings. The van der Waals surface area contributed by atoms with Crippen molar-refractivity contribution in [1.29, 1.82) is 0 Å². The van der Waals surface area contributed by atoms with Crippen molar-refractivity contribution >= 4 is 17.8 Å². The Morgan fingerprint density at radius 2 is 1.30 bits per heavy atom. The van der Waals surface area contributed by atoms with Crippen molar-refractivity contribution in [3.8, 4) is 0 Å². The van der Waals surface area contributed by atoms with Crippen LogP contribution in [0.5, 0.6) is 0 Å². The third-order valence-electron chi connectivity index (χ3n) is 3.30. The molecule has 23 heavy (non-hydrogen) atoms. The maximum Gasteiger partial charge on any atom is 0.320 e. The zero-order valence-corrected chi connectivity index (χ0v) is 13.3. The van der Waals surface area contributed by atoms with Gasteiger partial charge in [-0.05, 0) is 38.6 Å². The molecular weight excluding hydrogens is 304 g/mol. The molecule has 0 saturated carbocycles. The standard InChI is InChI=1S/C14H28N4O5/c15-10(13(20)21)5-1-3-7-17-9-12(19)18-8-4-2-6-11(16)14(22)23/h10-11,17H,1-9,15-16H2,(H,18,19)(H,20,21)(H,22,23). The molecule has 0 spiro atoms. The van der Waals surface area contributed by atoms with Gasteiger partial charge < -0.3 is 32.3 Å². The molecule has 0 fully saturated rings. The van der Waals surface area contributed by atoms with Crippen LogP contribution in [-0.2, 0) is 14.4 Å². The van der Waals surface area contributed by atoms with Crippen molar-refractivity contribution in [2.45, 2.75) is 50.6 Å². The van der Waals surface area contributed by atoms with Crippen molar-refractivity contribution in [3.63, 3.8) is 0 Å². The predicted octanol–water partition coefficient (Wildman–Crippen LogP) is -1.14. The molecule has 2 unspecified atom stereocenters. The van der Waals surface area contributed by atoms with Crippen molar-refractivity contribution in [1.82, 2.24) is 10.6 Å². The number of hydrogen-bond donors (Lipinski definition) is 6. The second-order valence-electron chi connectivity index (χ2n) is 5.41. The van der Waals surface area contributed by atoms with Crippen LogP contribution in [0.15, 0.2) is 0 Å². The van der Waals surface area contributed by atoms with E-state index in [-0.39, 0.29) is 12.5 Å². The fraction of sp³-hybridized carbons (Fsp3) is 0.786. The summed E-state index contributed by atoms with van der Waals surface area (Å²) in [7, 11) is 0. The quantitative estimate of drug-likeness (QED) is 0.217. The molecule has 8 N–H and O–H groups in total. The van der Waals surface area contributed by atoms with Crippen LogP contribution < -0.4 is 22.1 Å². The van der Waals surface area contributed by atoms with E-state index < -0.39 is 24.0 Å². The monoisotopic (exact) mass is 332 g/mol. The van der Waals surface area contributed by atoms with Gasteiger partial charge in [-0.25, -0.2) is 0 Å². The maximum absolute atomic E-state index is 11.5. The third kappa shape index (κ3) is 12.5. The Hall–Kier alpha value is -1.71. The van der Waals surface area contributed by atoms with Crippen LogP contribution in [0, 0.1) is 0 Å². The molecule has 9 heteroatoms. The van der Waals surface area contributed by atoms with E-state index in [4.69, 9.17) is 21.7 Å².